The lowest BCUT2D eigenvalue weighted by Crippen LogP contribution is -2.43. The first kappa shape index (κ1) is 14.1. The van der Waals surface area contributed by atoms with E-state index in [1.54, 1.807) is 19.4 Å². The van der Waals surface area contributed by atoms with Gasteiger partial charge in [0.05, 0.1) is 12.5 Å². The lowest BCUT2D eigenvalue weighted by Gasteiger charge is -2.20. The average molecular weight is 251 g/mol. The van der Waals surface area contributed by atoms with Crippen LogP contribution in [0.25, 0.3) is 0 Å². The fourth-order valence-electron chi connectivity index (χ4n) is 1.51. The lowest BCUT2D eigenvalue weighted by atomic mass is 10.1. The van der Waals surface area contributed by atoms with Crippen LogP contribution >= 0.6 is 0 Å². The molecule has 1 atom stereocenters. The van der Waals surface area contributed by atoms with E-state index in [-0.39, 0.29) is 12.3 Å². The molecule has 6 heteroatoms. The van der Waals surface area contributed by atoms with Crippen molar-refractivity contribution in [3.8, 4) is 0 Å². The van der Waals surface area contributed by atoms with Crippen LogP contribution in [-0.4, -0.2) is 46.5 Å². The predicted molar refractivity (Wildman–Crippen MR) is 65.8 cm³/mol. The second-order valence-corrected chi connectivity index (χ2v) is 4.07. The van der Waals surface area contributed by atoms with E-state index in [0.717, 1.165) is 5.56 Å². The number of amides is 1. The maximum Gasteiger partial charge on any atom is 0.305 e. The number of likely N-dealkylation sites (N-methyl/N-ethyl adjacent to an activating group) is 1. The molecule has 0 saturated carbocycles. The van der Waals surface area contributed by atoms with E-state index in [9.17, 15) is 9.59 Å². The molecule has 0 aromatic carbocycles. The number of carboxylic acids is 1. The fraction of sp³-hybridized carbons (Fsp3) is 0.417. The number of carbonyl (C=O) groups is 2. The Bertz CT molecular complexity index is 408. The van der Waals surface area contributed by atoms with Gasteiger partial charge in [0.1, 0.15) is 0 Å². The summed E-state index contributed by atoms with van der Waals surface area (Å²) in [6.07, 6.45) is 3.71. The third-order valence-electron chi connectivity index (χ3n) is 2.57. The van der Waals surface area contributed by atoms with Crippen molar-refractivity contribution in [3.05, 3.63) is 30.1 Å². The van der Waals surface area contributed by atoms with Crippen molar-refractivity contribution in [3.63, 3.8) is 0 Å². The number of carboxylic acid groups (broad SMARTS) is 1. The topological polar surface area (TPSA) is 96.5 Å². The van der Waals surface area contributed by atoms with Crippen LogP contribution in [0.5, 0.6) is 0 Å². The van der Waals surface area contributed by atoms with E-state index in [4.69, 9.17) is 10.8 Å². The number of rotatable bonds is 6. The summed E-state index contributed by atoms with van der Waals surface area (Å²) < 4.78 is 0. The van der Waals surface area contributed by atoms with E-state index in [1.807, 2.05) is 12.1 Å². The molecule has 0 fully saturated rings. The first-order chi connectivity index (χ1) is 8.50. The number of aliphatic carboxylic acids is 1. The van der Waals surface area contributed by atoms with Crippen molar-refractivity contribution < 1.29 is 14.7 Å². The van der Waals surface area contributed by atoms with Gasteiger partial charge in [0.2, 0.25) is 5.91 Å². The second-order valence-electron chi connectivity index (χ2n) is 4.07. The number of carbonyl (C=O) groups excluding carboxylic acids is 1. The van der Waals surface area contributed by atoms with E-state index < -0.39 is 12.0 Å². The van der Waals surface area contributed by atoms with Crippen LogP contribution in [-0.2, 0) is 16.0 Å². The highest BCUT2D eigenvalue weighted by Crippen LogP contribution is 2.01. The largest absolute Gasteiger partial charge is 0.481 e. The van der Waals surface area contributed by atoms with Crippen molar-refractivity contribution in [1.82, 2.24) is 9.88 Å². The molecule has 98 valence electrons. The predicted octanol–water partition coefficient (Wildman–Crippen LogP) is -0.115. The summed E-state index contributed by atoms with van der Waals surface area (Å²) in [5, 5.41) is 8.56. The van der Waals surface area contributed by atoms with Gasteiger partial charge < -0.3 is 15.7 Å². The molecule has 1 aromatic heterocycles. The van der Waals surface area contributed by atoms with E-state index in [2.05, 4.69) is 4.98 Å². The van der Waals surface area contributed by atoms with E-state index >= 15 is 0 Å². The van der Waals surface area contributed by atoms with Crippen LogP contribution < -0.4 is 5.73 Å². The standard InChI is InChI=1S/C12H17N3O3/c1-15(12(18)10(13)8-11(16)17)7-4-9-2-5-14-6-3-9/h2-3,5-6,10H,4,7-8,13H2,1H3,(H,16,17). The molecule has 18 heavy (non-hydrogen) atoms. The molecule has 0 bridgehead atoms. The van der Waals surface area contributed by atoms with Crippen molar-refractivity contribution in [2.75, 3.05) is 13.6 Å². The molecule has 0 aliphatic carbocycles. The van der Waals surface area contributed by atoms with Gasteiger partial charge in [-0.1, -0.05) is 0 Å². The number of pyridine rings is 1. The minimum Gasteiger partial charge on any atom is -0.481 e. The molecule has 1 aromatic rings. The minimum absolute atomic E-state index is 0.349. The monoisotopic (exact) mass is 251 g/mol. The van der Waals surface area contributed by atoms with Crippen molar-refractivity contribution in [2.24, 2.45) is 5.73 Å². The molecule has 0 aliphatic rings. The number of aromatic nitrogens is 1. The Morgan fingerprint density at radius 1 is 1.44 bits per heavy atom. The zero-order chi connectivity index (χ0) is 13.5. The zero-order valence-electron chi connectivity index (χ0n) is 10.2. The van der Waals surface area contributed by atoms with Gasteiger partial charge in [0.15, 0.2) is 0 Å². The molecular formula is C12H17N3O3. The normalized spacial score (nSPS) is 11.9. The molecule has 1 heterocycles. The molecule has 0 aliphatic heterocycles. The van der Waals surface area contributed by atoms with E-state index in [0.29, 0.717) is 13.0 Å². The summed E-state index contributed by atoms with van der Waals surface area (Å²) in [5.74, 6) is -1.43. The molecule has 1 amide bonds. The van der Waals surface area contributed by atoms with Gasteiger partial charge in [-0.05, 0) is 24.1 Å². The SMILES string of the molecule is CN(CCc1ccncc1)C(=O)C(N)CC(=O)O. The number of hydrogen-bond donors (Lipinski definition) is 2. The maximum atomic E-state index is 11.7. The van der Waals surface area contributed by atoms with Crippen LogP contribution in [0.15, 0.2) is 24.5 Å². The molecule has 0 spiro atoms. The lowest BCUT2D eigenvalue weighted by molar-refractivity contribution is -0.141. The Kier molecular flexibility index (Phi) is 5.26. The van der Waals surface area contributed by atoms with Gasteiger partial charge >= 0.3 is 5.97 Å². The van der Waals surface area contributed by atoms with E-state index in [1.165, 1.54) is 4.90 Å². The minimum atomic E-state index is -1.07. The Labute approximate surface area is 105 Å². The number of hydrogen-bond acceptors (Lipinski definition) is 4. The maximum absolute atomic E-state index is 11.7. The molecule has 1 rings (SSSR count). The Morgan fingerprint density at radius 2 is 2.06 bits per heavy atom. The summed E-state index contributed by atoms with van der Waals surface area (Å²) in [4.78, 5) is 27.5. The van der Waals surface area contributed by atoms with Gasteiger partial charge in [-0.3, -0.25) is 14.6 Å². The molecule has 0 radical (unpaired) electrons. The highest BCUT2D eigenvalue weighted by molar-refractivity contribution is 5.85. The molecule has 6 nitrogen and oxygen atoms in total. The van der Waals surface area contributed by atoms with Crippen molar-refractivity contribution in [1.29, 1.82) is 0 Å². The van der Waals surface area contributed by atoms with Crippen LogP contribution in [0.4, 0.5) is 0 Å². The Morgan fingerprint density at radius 3 is 2.61 bits per heavy atom. The first-order valence-electron chi connectivity index (χ1n) is 5.62. The summed E-state index contributed by atoms with van der Waals surface area (Å²) >= 11 is 0. The third kappa shape index (κ3) is 4.50. The molecule has 0 saturated heterocycles. The van der Waals surface area contributed by atoms with Gasteiger partial charge in [-0.15, -0.1) is 0 Å². The summed E-state index contributed by atoms with van der Waals surface area (Å²) in [7, 11) is 1.62. The average Bonchev–Trinajstić information content (AvgIpc) is 2.35. The van der Waals surface area contributed by atoms with Crippen LogP contribution in [0.2, 0.25) is 0 Å². The summed E-state index contributed by atoms with van der Waals surface area (Å²) in [5.41, 5.74) is 6.57. The highest BCUT2D eigenvalue weighted by Gasteiger charge is 2.20. The fourth-order valence-corrected chi connectivity index (χ4v) is 1.51. The van der Waals surface area contributed by atoms with Gasteiger partial charge in [-0.25, -0.2) is 0 Å². The Hall–Kier alpha value is -1.95. The van der Waals surface area contributed by atoms with Gasteiger partial charge in [0.25, 0.3) is 0 Å². The number of nitrogens with two attached hydrogens (primary N) is 1. The highest BCUT2D eigenvalue weighted by atomic mass is 16.4. The summed E-state index contributed by atoms with van der Waals surface area (Å²) in [6, 6.07) is 2.76. The van der Waals surface area contributed by atoms with Crippen LogP contribution in [0.3, 0.4) is 0 Å². The van der Waals surface area contributed by atoms with Crippen molar-refractivity contribution in [2.45, 2.75) is 18.9 Å². The third-order valence-corrected chi connectivity index (χ3v) is 2.57. The quantitative estimate of drug-likeness (QED) is 0.735. The summed E-state index contributed by atoms with van der Waals surface area (Å²) in [6.45, 7) is 0.496. The van der Waals surface area contributed by atoms with Gasteiger partial charge in [0, 0.05) is 26.0 Å². The van der Waals surface area contributed by atoms with Crippen molar-refractivity contribution >= 4 is 11.9 Å². The molecule has 3 N–H and O–H groups in total. The first-order valence-corrected chi connectivity index (χ1v) is 5.62. The Balaban J connectivity index is 2.43. The second kappa shape index (κ2) is 6.70. The smallest absolute Gasteiger partial charge is 0.305 e. The van der Waals surface area contributed by atoms with Crippen LogP contribution in [0.1, 0.15) is 12.0 Å². The van der Waals surface area contributed by atoms with Gasteiger partial charge in [-0.2, -0.15) is 0 Å². The molecular weight excluding hydrogens is 234 g/mol. The zero-order valence-corrected chi connectivity index (χ0v) is 10.2. The van der Waals surface area contributed by atoms with Crippen LogP contribution in [0, 0.1) is 0 Å². The molecule has 1 unspecified atom stereocenters. The number of nitrogens with zero attached hydrogens (tertiary/aromatic N) is 2.